The monoisotopic (exact) mass is 602 g/mol. The highest BCUT2D eigenvalue weighted by molar-refractivity contribution is 5.95. The number of pyridine rings is 1. The number of hydrogen-bond acceptors (Lipinski definition) is 5. The Bertz CT molecular complexity index is 1580. The van der Waals surface area contributed by atoms with Gasteiger partial charge in [-0.1, -0.05) is 48.5 Å². The summed E-state index contributed by atoms with van der Waals surface area (Å²) in [6.45, 7) is 2.38. The third-order valence-corrected chi connectivity index (χ3v) is 8.63. The van der Waals surface area contributed by atoms with Gasteiger partial charge >= 0.3 is 0 Å². The molecule has 0 saturated heterocycles. The van der Waals surface area contributed by atoms with E-state index in [1.807, 2.05) is 71.6 Å². The number of aromatic nitrogens is 1. The molecule has 2 amide bonds. The number of rotatable bonds is 12. The molecule has 1 saturated carbocycles. The number of benzene rings is 3. The number of carbonyl (C=O) groups is 2. The second-order valence-electron chi connectivity index (χ2n) is 11.9. The second-order valence-corrected chi connectivity index (χ2v) is 11.9. The molecule has 1 heterocycles. The number of phenolic OH excluding ortho intramolecular Hbond substituents is 1. The van der Waals surface area contributed by atoms with Gasteiger partial charge < -0.3 is 21.1 Å². The highest BCUT2D eigenvalue weighted by Crippen LogP contribution is 2.28. The summed E-state index contributed by atoms with van der Waals surface area (Å²) in [6, 6.07) is 26.6. The van der Waals surface area contributed by atoms with Crippen LogP contribution in [0.2, 0.25) is 0 Å². The Balaban J connectivity index is 1.27. The minimum atomic E-state index is -0.0989. The van der Waals surface area contributed by atoms with Crippen LogP contribution in [0.3, 0.4) is 0 Å². The molecule has 1 aromatic heterocycles. The van der Waals surface area contributed by atoms with Crippen molar-refractivity contribution in [1.82, 2.24) is 15.2 Å². The Morgan fingerprint density at radius 3 is 2.36 bits per heavy atom. The van der Waals surface area contributed by atoms with Crippen molar-refractivity contribution in [3.63, 3.8) is 0 Å². The van der Waals surface area contributed by atoms with E-state index >= 15 is 0 Å². The topological polar surface area (TPSA) is 109 Å². The molecule has 0 bridgehead atoms. The molecule has 7 heteroatoms. The molecule has 0 atom stereocenters. The molecule has 45 heavy (non-hydrogen) atoms. The Morgan fingerprint density at radius 1 is 0.889 bits per heavy atom. The van der Waals surface area contributed by atoms with Crippen molar-refractivity contribution in [3.8, 4) is 16.9 Å². The Kier molecular flexibility index (Phi) is 11.1. The Morgan fingerprint density at radius 2 is 1.62 bits per heavy atom. The maximum absolute atomic E-state index is 13.4. The van der Waals surface area contributed by atoms with E-state index in [1.54, 1.807) is 36.7 Å². The lowest BCUT2D eigenvalue weighted by atomic mass is 9.82. The quantitative estimate of drug-likeness (QED) is 0.167. The molecule has 5 rings (SSSR count). The molecule has 4 aromatic rings. The number of nitrogens with two attached hydrogens (primary N) is 1. The van der Waals surface area contributed by atoms with E-state index in [0.717, 1.165) is 60.0 Å². The van der Waals surface area contributed by atoms with Crippen molar-refractivity contribution in [1.29, 1.82) is 0 Å². The lowest BCUT2D eigenvalue weighted by Gasteiger charge is -2.27. The zero-order valence-corrected chi connectivity index (χ0v) is 25.6. The van der Waals surface area contributed by atoms with Crippen LogP contribution in [-0.2, 0) is 17.8 Å². The molecule has 0 spiro atoms. The van der Waals surface area contributed by atoms with Gasteiger partial charge in [-0.25, -0.2) is 0 Å². The molecule has 3 aromatic carbocycles. The number of phenols is 1. The fraction of sp³-hybridized carbons (Fsp3) is 0.289. The first-order chi connectivity index (χ1) is 22.0. The van der Waals surface area contributed by atoms with Crippen molar-refractivity contribution in [2.45, 2.75) is 38.6 Å². The van der Waals surface area contributed by atoms with E-state index in [9.17, 15) is 14.7 Å². The molecule has 0 unspecified atom stereocenters. The molecule has 1 aliphatic rings. The van der Waals surface area contributed by atoms with Crippen LogP contribution in [-0.4, -0.2) is 46.4 Å². The van der Waals surface area contributed by atoms with Crippen LogP contribution < -0.4 is 11.1 Å². The van der Waals surface area contributed by atoms with Crippen molar-refractivity contribution < 1.29 is 14.7 Å². The lowest BCUT2D eigenvalue weighted by molar-refractivity contribution is -0.126. The van der Waals surface area contributed by atoms with Gasteiger partial charge in [0.1, 0.15) is 5.75 Å². The summed E-state index contributed by atoms with van der Waals surface area (Å²) < 4.78 is 0. The van der Waals surface area contributed by atoms with Gasteiger partial charge in [0.2, 0.25) is 5.91 Å². The van der Waals surface area contributed by atoms with Crippen LogP contribution in [0.25, 0.3) is 17.2 Å². The van der Waals surface area contributed by atoms with E-state index in [0.29, 0.717) is 43.5 Å². The minimum absolute atomic E-state index is 0.0552. The SMILES string of the molecule is NCC1CCC(CNC(=O)c2cccc(-c3cccc(CN(CCc4ccc(O)cc4)C(=O)/C=C/c4cccnc4)c3)c2)CC1. The average molecular weight is 603 g/mol. The fourth-order valence-corrected chi connectivity index (χ4v) is 5.86. The van der Waals surface area contributed by atoms with E-state index in [2.05, 4.69) is 16.4 Å². The van der Waals surface area contributed by atoms with E-state index in [-0.39, 0.29) is 17.6 Å². The van der Waals surface area contributed by atoms with Crippen LogP contribution in [0.15, 0.2) is 103 Å². The normalized spacial score (nSPS) is 16.4. The molecule has 4 N–H and O–H groups in total. The molecule has 0 radical (unpaired) electrons. The largest absolute Gasteiger partial charge is 0.508 e. The maximum atomic E-state index is 13.4. The number of aromatic hydroxyl groups is 1. The van der Waals surface area contributed by atoms with Crippen LogP contribution in [0.4, 0.5) is 0 Å². The summed E-state index contributed by atoms with van der Waals surface area (Å²) in [5.41, 5.74) is 11.3. The second kappa shape index (κ2) is 15.8. The molecule has 1 aliphatic carbocycles. The van der Waals surface area contributed by atoms with Crippen molar-refractivity contribution in [2.24, 2.45) is 17.6 Å². The predicted octanol–water partition coefficient (Wildman–Crippen LogP) is 6.23. The van der Waals surface area contributed by atoms with Gasteiger partial charge in [-0.3, -0.25) is 14.6 Å². The molecule has 0 aliphatic heterocycles. The van der Waals surface area contributed by atoms with Crippen LogP contribution in [0.1, 0.15) is 52.7 Å². The third-order valence-electron chi connectivity index (χ3n) is 8.63. The van der Waals surface area contributed by atoms with Crippen molar-refractivity contribution >= 4 is 17.9 Å². The standard InChI is InChI=1S/C38H42N4O3/c39-24-29-9-11-31(12-10-29)26-41-38(45)35-8-2-7-34(23-35)33-6-1-4-32(22-33)27-42(21-19-28-13-16-36(43)17-14-28)37(44)18-15-30-5-3-20-40-25-30/h1-8,13-18,20,22-23,25,29,31,43H,9-12,19,21,24,26-27,39H2,(H,41,45)/b18-15+. The maximum Gasteiger partial charge on any atom is 0.251 e. The average Bonchev–Trinajstić information content (AvgIpc) is 3.09. The lowest BCUT2D eigenvalue weighted by Crippen LogP contribution is -2.32. The van der Waals surface area contributed by atoms with Gasteiger partial charge in [-0.05, 0) is 121 Å². The Labute approximate surface area is 265 Å². The number of nitrogens with one attached hydrogen (secondary N) is 1. The van der Waals surface area contributed by atoms with Crippen LogP contribution in [0.5, 0.6) is 5.75 Å². The number of carbonyl (C=O) groups excluding carboxylic acids is 2. The van der Waals surface area contributed by atoms with Crippen LogP contribution >= 0.6 is 0 Å². The summed E-state index contributed by atoms with van der Waals surface area (Å²) in [5, 5.41) is 12.8. The summed E-state index contributed by atoms with van der Waals surface area (Å²) in [6.07, 6.45) is 11.9. The predicted molar refractivity (Wildman–Crippen MR) is 179 cm³/mol. The highest BCUT2D eigenvalue weighted by Gasteiger charge is 2.21. The number of hydrogen-bond donors (Lipinski definition) is 3. The van der Waals surface area contributed by atoms with E-state index in [4.69, 9.17) is 5.73 Å². The zero-order chi connectivity index (χ0) is 31.4. The molecular formula is C38H42N4O3. The first-order valence-electron chi connectivity index (χ1n) is 15.8. The van der Waals surface area contributed by atoms with Crippen LogP contribution in [0, 0.1) is 11.8 Å². The zero-order valence-electron chi connectivity index (χ0n) is 25.6. The third kappa shape index (κ3) is 9.37. The summed E-state index contributed by atoms with van der Waals surface area (Å²) >= 11 is 0. The summed E-state index contributed by atoms with van der Waals surface area (Å²) in [4.78, 5) is 32.4. The van der Waals surface area contributed by atoms with Crippen molar-refractivity contribution in [3.05, 3.63) is 126 Å². The molecule has 7 nitrogen and oxygen atoms in total. The van der Waals surface area contributed by atoms with Gasteiger partial charge in [-0.2, -0.15) is 0 Å². The molecule has 1 fully saturated rings. The smallest absolute Gasteiger partial charge is 0.251 e. The first-order valence-corrected chi connectivity index (χ1v) is 15.8. The highest BCUT2D eigenvalue weighted by atomic mass is 16.3. The number of nitrogens with zero attached hydrogens (tertiary/aromatic N) is 2. The summed E-state index contributed by atoms with van der Waals surface area (Å²) in [5.74, 6) is 1.20. The van der Waals surface area contributed by atoms with E-state index in [1.165, 1.54) is 0 Å². The van der Waals surface area contributed by atoms with Gasteiger partial charge in [0.05, 0.1) is 0 Å². The fourth-order valence-electron chi connectivity index (χ4n) is 5.86. The van der Waals surface area contributed by atoms with Gasteiger partial charge in [0, 0.05) is 43.7 Å². The number of amides is 2. The van der Waals surface area contributed by atoms with Gasteiger partial charge in [0.25, 0.3) is 5.91 Å². The molecule has 232 valence electrons. The van der Waals surface area contributed by atoms with Crippen molar-refractivity contribution in [2.75, 3.05) is 19.6 Å². The van der Waals surface area contributed by atoms with E-state index < -0.39 is 0 Å². The first kappa shape index (κ1) is 31.7. The molecular weight excluding hydrogens is 560 g/mol. The van der Waals surface area contributed by atoms with Gasteiger partial charge in [-0.15, -0.1) is 0 Å². The summed E-state index contributed by atoms with van der Waals surface area (Å²) in [7, 11) is 0. The van der Waals surface area contributed by atoms with Gasteiger partial charge in [0.15, 0.2) is 0 Å². The minimum Gasteiger partial charge on any atom is -0.508 e. The Hall–Kier alpha value is -4.75.